The third-order valence-corrected chi connectivity index (χ3v) is 2.70. The number of nitrogens with one attached hydrogen (secondary N) is 1. The topological polar surface area (TPSA) is 49.3 Å². The van der Waals surface area contributed by atoms with E-state index < -0.39 is 12.1 Å². The van der Waals surface area contributed by atoms with E-state index in [0.717, 1.165) is 19.5 Å². The van der Waals surface area contributed by atoms with Crippen molar-refractivity contribution in [1.82, 2.24) is 5.32 Å². The van der Waals surface area contributed by atoms with Gasteiger partial charge in [-0.15, -0.1) is 0 Å². The van der Waals surface area contributed by atoms with Crippen LogP contribution in [0.5, 0.6) is 0 Å². The number of rotatable bonds is 4. The van der Waals surface area contributed by atoms with Crippen molar-refractivity contribution in [3.05, 3.63) is 0 Å². The molecule has 2 N–H and O–H groups in total. The van der Waals surface area contributed by atoms with Gasteiger partial charge < -0.3 is 10.4 Å². The van der Waals surface area contributed by atoms with Crippen LogP contribution in [0.1, 0.15) is 19.8 Å². The highest BCUT2D eigenvalue weighted by atomic mass is 19.1. The van der Waals surface area contributed by atoms with Crippen LogP contribution in [0.15, 0.2) is 0 Å². The first kappa shape index (κ1) is 10.4. The van der Waals surface area contributed by atoms with E-state index in [9.17, 15) is 9.18 Å². The number of hydrogen-bond acceptors (Lipinski definition) is 2. The van der Waals surface area contributed by atoms with Crippen molar-refractivity contribution < 1.29 is 14.3 Å². The molecule has 0 aliphatic carbocycles. The standard InChI is InChI=1S/C9H16FNO2/c1-6(10)8(4-9(12)13)7-2-3-11-5-7/h6-8,11H,2-5H2,1H3,(H,12,13). The highest BCUT2D eigenvalue weighted by Crippen LogP contribution is 2.26. The Labute approximate surface area is 77.3 Å². The molecule has 0 aromatic heterocycles. The second-order valence-corrected chi connectivity index (χ2v) is 3.69. The Balaban J connectivity index is 2.50. The lowest BCUT2D eigenvalue weighted by atomic mass is 9.85. The molecule has 0 saturated carbocycles. The minimum atomic E-state index is -1.03. The van der Waals surface area contributed by atoms with Gasteiger partial charge >= 0.3 is 5.97 Å². The highest BCUT2D eigenvalue weighted by molar-refractivity contribution is 5.67. The molecule has 13 heavy (non-hydrogen) atoms. The Morgan fingerprint density at radius 1 is 1.77 bits per heavy atom. The molecular weight excluding hydrogens is 173 g/mol. The number of hydrogen-bond donors (Lipinski definition) is 2. The van der Waals surface area contributed by atoms with E-state index in [0.29, 0.717) is 0 Å². The van der Waals surface area contributed by atoms with Crippen molar-refractivity contribution >= 4 is 5.97 Å². The summed E-state index contributed by atoms with van der Waals surface area (Å²) in [7, 11) is 0. The fraction of sp³-hybridized carbons (Fsp3) is 0.889. The fourth-order valence-corrected chi connectivity index (χ4v) is 1.95. The molecule has 1 aliphatic heterocycles. The van der Waals surface area contributed by atoms with Crippen molar-refractivity contribution in [3.63, 3.8) is 0 Å². The van der Waals surface area contributed by atoms with Gasteiger partial charge in [0.2, 0.25) is 0 Å². The molecule has 1 aliphatic rings. The first-order valence-corrected chi connectivity index (χ1v) is 4.68. The second kappa shape index (κ2) is 4.56. The van der Waals surface area contributed by atoms with Gasteiger partial charge in [0, 0.05) is 5.92 Å². The number of halogens is 1. The molecule has 0 spiro atoms. The Kier molecular flexibility index (Phi) is 3.66. The summed E-state index contributed by atoms with van der Waals surface area (Å²) in [5, 5.41) is 11.7. The van der Waals surface area contributed by atoms with Crippen molar-refractivity contribution in [2.24, 2.45) is 11.8 Å². The van der Waals surface area contributed by atoms with Gasteiger partial charge in [0.15, 0.2) is 0 Å². The largest absolute Gasteiger partial charge is 0.481 e. The summed E-state index contributed by atoms with van der Waals surface area (Å²) in [6.07, 6.45) is -0.183. The molecule has 0 aromatic rings. The zero-order valence-electron chi connectivity index (χ0n) is 7.79. The number of aliphatic carboxylic acids is 1. The summed E-state index contributed by atoms with van der Waals surface area (Å²) < 4.78 is 13.1. The molecule has 1 rings (SSSR count). The summed E-state index contributed by atoms with van der Waals surface area (Å²) in [5.74, 6) is -1.04. The van der Waals surface area contributed by atoms with Gasteiger partial charge in [-0.25, -0.2) is 4.39 Å². The lowest BCUT2D eigenvalue weighted by Crippen LogP contribution is -2.27. The minimum Gasteiger partial charge on any atom is -0.481 e. The zero-order chi connectivity index (χ0) is 9.84. The molecule has 4 heteroatoms. The molecule has 76 valence electrons. The zero-order valence-corrected chi connectivity index (χ0v) is 7.79. The molecule has 1 fully saturated rings. The van der Waals surface area contributed by atoms with Gasteiger partial charge in [0.25, 0.3) is 0 Å². The molecule has 3 nitrogen and oxygen atoms in total. The maximum Gasteiger partial charge on any atom is 0.303 e. The lowest BCUT2D eigenvalue weighted by Gasteiger charge is -2.22. The summed E-state index contributed by atoms with van der Waals surface area (Å²) in [4.78, 5) is 10.5. The maximum atomic E-state index is 13.1. The van der Waals surface area contributed by atoms with Crippen LogP contribution in [0.25, 0.3) is 0 Å². The van der Waals surface area contributed by atoms with Crippen LogP contribution in [0.4, 0.5) is 4.39 Å². The first-order valence-electron chi connectivity index (χ1n) is 4.68. The summed E-state index contributed by atoms with van der Waals surface area (Å²) >= 11 is 0. The van der Waals surface area contributed by atoms with E-state index in [1.165, 1.54) is 6.92 Å². The van der Waals surface area contributed by atoms with Gasteiger partial charge in [-0.05, 0) is 32.4 Å². The molecule has 0 amide bonds. The predicted molar refractivity (Wildman–Crippen MR) is 47.3 cm³/mol. The van der Waals surface area contributed by atoms with E-state index in [1.807, 2.05) is 0 Å². The normalized spacial score (nSPS) is 27.1. The van der Waals surface area contributed by atoms with E-state index in [1.54, 1.807) is 0 Å². The molecule has 1 saturated heterocycles. The van der Waals surface area contributed by atoms with Crippen molar-refractivity contribution in [3.8, 4) is 0 Å². The number of carboxylic acids is 1. The highest BCUT2D eigenvalue weighted by Gasteiger charge is 2.30. The molecular formula is C9H16FNO2. The molecule has 0 radical (unpaired) electrons. The third kappa shape index (κ3) is 2.95. The average molecular weight is 189 g/mol. The van der Waals surface area contributed by atoms with Crippen molar-refractivity contribution in [1.29, 1.82) is 0 Å². The molecule has 0 bridgehead atoms. The van der Waals surface area contributed by atoms with Crippen LogP contribution in [-0.4, -0.2) is 30.3 Å². The second-order valence-electron chi connectivity index (χ2n) is 3.69. The number of alkyl halides is 1. The van der Waals surface area contributed by atoms with Crippen molar-refractivity contribution in [2.45, 2.75) is 25.9 Å². The summed E-state index contributed by atoms with van der Waals surface area (Å²) in [5.41, 5.74) is 0. The Bertz CT molecular complexity index is 178. The number of carbonyl (C=O) groups is 1. The molecule has 3 atom stereocenters. The summed E-state index contributed by atoms with van der Waals surface area (Å²) in [6, 6.07) is 0. The Hall–Kier alpha value is -0.640. The first-order chi connectivity index (χ1) is 6.11. The van der Waals surface area contributed by atoms with Crippen LogP contribution in [0, 0.1) is 11.8 Å². The van der Waals surface area contributed by atoms with E-state index in [4.69, 9.17) is 5.11 Å². The monoisotopic (exact) mass is 189 g/mol. The SMILES string of the molecule is CC(F)C(CC(=O)O)C1CCNC1. The average Bonchev–Trinajstić information content (AvgIpc) is 2.50. The maximum absolute atomic E-state index is 13.1. The van der Waals surface area contributed by atoms with Gasteiger partial charge in [0.1, 0.15) is 6.17 Å². The molecule has 0 aromatic carbocycles. The van der Waals surface area contributed by atoms with Crippen LogP contribution in [0.2, 0.25) is 0 Å². The minimum absolute atomic E-state index is 0.0516. The van der Waals surface area contributed by atoms with Gasteiger partial charge in [0.05, 0.1) is 6.42 Å². The molecule has 1 heterocycles. The number of carboxylic acid groups (broad SMARTS) is 1. The van der Waals surface area contributed by atoms with Crippen LogP contribution in [0.3, 0.4) is 0 Å². The quantitative estimate of drug-likeness (QED) is 0.694. The van der Waals surface area contributed by atoms with Crippen LogP contribution < -0.4 is 5.32 Å². The van der Waals surface area contributed by atoms with Gasteiger partial charge in [-0.3, -0.25) is 4.79 Å². The Morgan fingerprint density at radius 3 is 2.85 bits per heavy atom. The van der Waals surface area contributed by atoms with Gasteiger partial charge in [-0.2, -0.15) is 0 Å². The third-order valence-electron chi connectivity index (χ3n) is 2.70. The van der Waals surface area contributed by atoms with Gasteiger partial charge in [-0.1, -0.05) is 0 Å². The van der Waals surface area contributed by atoms with Crippen molar-refractivity contribution in [2.75, 3.05) is 13.1 Å². The van der Waals surface area contributed by atoms with E-state index in [-0.39, 0.29) is 18.3 Å². The Morgan fingerprint density at radius 2 is 2.46 bits per heavy atom. The predicted octanol–water partition coefficient (Wildman–Crippen LogP) is 1.04. The fourth-order valence-electron chi connectivity index (χ4n) is 1.95. The van der Waals surface area contributed by atoms with E-state index in [2.05, 4.69) is 5.32 Å². The smallest absolute Gasteiger partial charge is 0.303 e. The summed E-state index contributed by atoms with van der Waals surface area (Å²) in [6.45, 7) is 3.09. The molecule has 3 unspecified atom stereocenters. The van der Waals surface area contributed by atoms with Crippen LogP contribution in [-0.2, 0) is 4.79 Å². The lowest BCUT2D eigenvalue weighted by molar-refractivity contribution is -0.139. The van der Waals surface area contributed by atoms with Crippen LogP contribution >= 0.6 is 0 Å². The van der Waals surface area contributed by atoms with E-state index >= 15 is 0 Å².